The zero-order chi connectivity index (χ0) is 46.5. The van der Waals surface area contributed by atoms with Gasteiger partial charge in [0, 0.05) is 95.0 Å². The third kappa shape index (κ3) is 9.83. The number of ether oxygens (including phenoxy) is 2. The van der Waals surface area contributed by atoms with Gasteiger partial charge in [0.2, 0.25) is 11.9 Å². The molecule has 6 aliphatic rings. The van der Waals surface area contributed by atoms with Crippen molar-refractivity contribution in [3.8, 4) is 11.5 Å². The topological polar surface area (TPSA) is 162 Å². The summed E-state index contributed by atoms with van der Waals surface area (Å²) in [6.07, 6.45) is 11.5. The van der Waals surface area contributed by atoms with Gasteiger partial charge in [0.25, 0.3) is 0 Å². The van der Waals surface area contributed by atoms with Gasteiger partial charge in [0.1, 0.15) is 35.8 Å². The first-order valence-electron chi connectivity index (χ1n) is 23.8. The fourth-order valence-corrected chi connectivity index (χ4v) is 12.3. The molecule has 0 spiro atoms. The van der Waals surface area contributed by atoms with E-state index in [-0.39, 0.29) is 12.2 Å². The van der Waals surface area contributed by atoms with Crippen molar-refractivity contribution in [2.75, 3.05) is 46.6 Å². The van der Waals surface area contributed by atoms with Crippen LogP contribution in [0.2, 0.25) is 20.1 Å². The predicted octanol–water partition coefficient (Wildman–Crippen LogP) is 9.85. The Labute approximate surface area is 415 Å². The molecule has 8 atom stereocenters. The monoisotopic (exact) mass is 998 g/mol. The molecule has 2 aromatic carbocycles. The molecule has 4 bridgehead atoms. The van der Waals surface area contributed by atoms with E-state index >= 15 is 0 Å². The van der Waals surface area contributed by atoms with Gasteiger partial charge in [-0.05, 0) is 125 Å². The number of aryl methyl sites for hydroxylation is 4. The number of benzene rings is 2. The summed E-state index contributed by atoms with van der Waals surface area (Å²) in [5.41, 5.74) is 2.00. The van der Waals surface area contributed by atoms with Crippen LogP contribution in [0, 0.1) is 37.5 Å². The lowest BCUT2D eigenvalue weighted by atomic mass is 9.92. The second-order valence-corrected chi connectivity index (χ2v) is 20.9. The van der Waals surface area contributed by atoms with Crippen LogP contribution in [0.15, 0.2) is 61.2 Å². The predicted molar refractivity (Wildman–Crippen MR) is 263 cm³/mol. The van der Waals surface area contributed by atoms with Crippen LogP contribution in [0.1, 0.15) is 86.6 Å². The van der Waals surface area contributed by atoms with E-state index in [0.717, 1.165) is 99.6 Å². The van der Waals surface area contributed by atoms with Crippen LogP contribution in [0.25, 0.3) is 0 Å². The first kappa shape index (κ1) is 45.3. The number of nitrogens with one attached hydrogen (secondary N) is 2. The van der Waals surface area contributed by atoms with Crippen molar-refractivity contribution in [1.29, 1.82) is 0 Å². The Morgan fingerprint density at radius 2 is 0.882 bits per heavy atom. The van der Waals surface area contributed by atoms with Gasteiger partial charge in [0.05, 0.1) is 0 Å². The third-order valence-corrected chi connectivity index (χ3v) is 15.2. The lowest BCUT2D eigenvalue weighted by molar-refractivity contribution is 0.155. The summed E-state index contributed by atoms with van der Waals surface area (Å²) in [6.45, 7) is 9.66. The van der Waals surface area contributed by atoms with Crippen molar-refractivity contribution < 1.29 is 9.47 Å². The van der Waals surface area contributed by atoms with Gasteiger partial charge in [-0.25, -0.2) is 29.3 Å². The Hall–Kier alpha value is -5.16. The number of hydrogen-bond donors (Lipinski definition) is 2. The molecule has 2 aliphatic carbocycles. The molecule has 20 heteroatoms. The summed E-state index contributed by atoms with van der Waals surface area (Å²) >= 11 is 24.6. The number of hydrogen-bond acceptors (Lipinski definition) is 14. The van der Waals surface area contributed by atoms with E-state index in [0.29, 0.717) is 79.2 Å². The van der Waals surface area contributed by atoms with Gasteiger partial charge >= 0.3 is 0 Å². The van der Waals surface area contributed by atoms with Crippen LogP contribution in [0.5, 0.6) is 11.5 Å². The molecule has 2 unspecified atom stereocenters. The maximum absolute atomic E-state index is 6.24. The van der Waals surface area contributed by atoms with Crippen molar-refractivity contribution in [3.63, 3.8) is 0 Å². The summed E-state index contributed by atoms with van der Waals surface area (Å²) in [5.74, 6) is 8.61. The molecular formula is C48H54Cl4N14O2. The molecular weight excluding hydrogens is 946 g/mol. The van der Waals surface area contributed by atoms with E-state index in [9.17, 15) is 0 Å². The molecule has 4 aliphatic heterocycles. The molecule has 356 valence electrons. The zero-order valence-corrected chi connectivity index (χ0v) is 41.0. The Kier molecular flexibility index (Phi) is 12.9. The Bertz CT molecular complexity index is 2520. The first-order valence-corrected chi connectivity index (χ1v) is 25.3. The van der Waals surface area contributed by atoms with Crippen molar-refractivity contribution in [1.82, 2.24) is 49.5 Å². The normalized spacial score (nSPS) is 25.8. The molecule has 16 nitrogen and oxygen atoms in total. The third-order valence-electron chi connectivity index (χ3n) is 14.4. The fourth-order valence-electron chi connectivity index (χ4n) is 11.3. The molecule has 4 aromatic heterocycles. The number of halogens is 4. The van der Waals surface area contributed by atoms with Crippen LogP contribution < -0.4 is 29.9 Å². The molecule has 68 heavy (non-hydrogen) atoms. The summed E-state index contributed by atoms with van der Waals surface area (Å²) in [6, 6.07) is 15.4. The van der Waals surface area contributed by atoms with E-state index < -0.39 is 0 Å². The van der Waals surface area contributed by atoms with Crippen molar-refractivity contribution in [2.24, 2.45) is 23.7 Å². The standard InChI is InChI=1S/2C24H27Cl2N7O/c2*1-14-7-21(28-13-27-14)32-11-15-4-5-16(12-32)22(15)29-24-30-23-20(3-2-6-33(23)31-24)34-19-9-17(25)8-18(26)10-19/h2*7-10,13,15-16,20,22H,2-6,11-12H2,1H3,(H,29,31)/t2*15-,16+,20-,22?/m10/s1. The largest absolute Gasteiger partial charge is 0.482 e. The lowest BCUT2D eigenvalue weighted by Crippen LogP contribution is -2.48. The Morgan fingerprint density at radius 1 is 0.500 bits per heavy atom. The smallest absolute Gasteiger partial charge is 0.242 e. The molecule has 6 aromatic rings. The maximum atomic E-state index is 6.24. The number of rotatable bonds is 10. The quantitative estimate of drug-likeness (QED) is 0.133. The van der Waals surface area contributed by atoms with E-state index in [2.05, 4.69) is 52.5 Å². The highest BCUT2D eigenvalue weighted by Gasteiger charge is 2.45. The molecule has 0 radical (unpaired) electrons. The number of fused-ring (bicyclic) bond motifs is 6. The molecule has 8 heterocycles. The van der Waals surface area contributed by atoms with Crippen LogP contribution in [-0.2, 0) is 13.1 Å². The van der Waals surface area contributed by atoms with E-state index in [4.69, 9.17) is 76.0 Å². The second kappa shape index (κ2) is 19.3. The number of anilines is 4. The summed E-state index contributed by atoms with van der Waals surface area (Å²) in [5, 5.41) is 19.2. The van der Waals surface area contributed by atoms with Crippen LogP contribution in [-0.4, -0.2) is 87.7 Å². The maximum Gasteiger partial charge on any atom is 0.242 e. The Balaban J connectivity index is 0.000000149. The van der Waals surface area contributed by atoms with Crippen LogP contribution in [0.4, 0.5) is 23.5 Å². The molecule has 12 rings (SSSR count). The molecule has 0 amide bonds. The fraction of sp³-hybridized carbons (Fsp3) is 0.500. The van der Waals surface area contributed by atoms with E-state index in [1.54, 1.807) is 49.1 Å². The highest BCUT2D eigenvalue weighted by molar-refractivity contribution is 6.35. The van der Waals surface area contributed by atoms with Crippen molar-refractivity contribution in [2.45, 2.75) is 103 Å². The van der Waals surface area contributed by atoms with E-state index in [1.807, 2.05) is 23.2 Å². The SMILES string of the molecule is Cc1cc(N2C[C@H]3CC[C@@H](C2)C3Nc2nc3n(n2)CCC[C@@H]3Oc2cc(Cl)cc(Cl)c2)ncn1.Cc1cc(N2C[C@H]3CC[C@@H](C2)C3Nc2nc3n(n2)CCC[C@H]3Oc2cc(Cl)cc(Cl)c2)ncn1. The lowest BCUT2D eigenvalue weighted by Gasteiger charge is -2.38. The average Bonchev–Trinajstić information content (AvgIpc) is 4.03. The van der Waals surface area contributed by atoms with Crippen molar-refractivity contribution >= 4 is 69.9 Å². The zero-order valence-electron chi connectivity index (χ0n) is 38.0. The van der Waals surface area contributed by atoms with Gasteiger partial charge in [0.15, 0.2) is 23.9 Å². The highest BCUT2D eigenvalue weighted by Crippen LogP contribution is 2.42. The van der Waals surface area contributed by atoms with Gasteiger partial charge in [-0.2, -0.15) is 9.97 Å². The second-order valence-electron chi connectivity index (χ2n) is 19.1. The Morgan fingerprint density at radius 3 is 1.25 bits per heavy atom. The summed E-state index contributed by atoms with van der Waals surface area (Å²) < 4.78 is 16.4. The van der Waals surface area contributed by atoms with Gasteiger partial charge in [-0.3, -0.25) is 0 Å². The molecule has 4 fully saturated rings. The average molecular weight is 1000 g/mol. The molecule has 2 saturated carbocycles. The van der Waals surface area contributed by atoms with Crippen LogP contribution in [0.3, 0.4) is 0 Å². The van der Waals surface area contributed by atoms with E-state index in [1.165, 1.54) is 25.7 Å². The molecule has 2 N–H and O–H groups in total. The number of aromatic nitrogens is 10. The molecule has 2 saturated heterocycles. The first-order chi connectivity index (χ1) is 33.0. The minimum Gasteiger partial charge on any atom is -0.482 e. The van der Waals surface area contributed by atoms with Crippen molar-refractivity contribution in [3.05, 3.63) is 104 Å². The summed E-state index contributed by atoms with van der Waals surface area (Å²) in [4.78, 5) is 32.0. The number of nitrogens with zero attached hydrogens (tertiary/aromatic N) is 12. The van der Waals surface area contributed by atoms with Gasteiger partial charge in [-0.1, -0.05) is 46.4 Å². The van der Waals surface area contributed by atoms with Crippen LogP contribution >= 0.6 is 46.4 Å². The van der Waals surface area contributed by atoms with Gasteiger partial charge < -0.3 is 29.9 Å². The summed E-state index contributed by atoms with van der Waals surface area (Å²) in [7, 11) is 0. The minimum atomic E-state index is -0.175. The minimum absolute atomic E-state index is 0.175. The number of piperidine rings is 2. The van der Waals surface area contributed by atoms with Gasteiger partial charge in [-0.15, -0.1) is 10.2 Å². The highest BCUT2D eigenvalue weighted by atomic mass is 35.5.